The van der Waals surface area contributed by atoms with Crippen LogP contribution in [0.4, 0.5) is 5.82 Å². The standard InChI is InChI=1S/C9H7N5O/c10-9-7(5-12-14-13-9)8(15)6-2-1-3-11-4-6/h1-5H,(H2,10,12,13). The summed E-state index contributed by atoms with van der Waals surface area (Å²) in [4.78, 5) is 15.7. The molecule has 0 saturated carbocycles. The van der Waals surface area contributed by atoms with Crippen LogP contribution in [0.25, 0.3) is 0 Å². The van der Waals surface area contributed by atoms with E-state index in [-0.39, 0.29) is 17.2 Å². The lowest BCUT2D eigenvalue weighted by Gasteiger charge is -2.00. The number of hydrogen-bond donors (Lipinski definition) is 1. The first-order valence-electron chi connectivity index (χ1n) is 4.17. The smallest absolute Gasteiger partial charge is 0.199 e. The second-order valence-corrected chi connectivity index (χ2v) is 2.80. The van der Waals surface area contributed by atoms with Crippen molar-refractivity contribution in [1.29, 1.82) is 0 Å². The van der Waals surface area contributed by atoms with Crippen LogP contribution in [0.3, 0.4) is 0 Å². The molecule has 0 saturated heterocycles. The number of nitrogen functional groups attached to an aromatic ring is 1. The van der Waals surface area contributed by atoms with Gasteiger partial charge in [0.05, 0.1) is 11.8 Å². The van der Waals surface area contributed by atoms with Gasteiger partial charge in [-0.3, -0.25) is 9.78 Å². The van der Waals surface area contributed by atoms with Gasteiger partial charge >= 0.3 is 0 Å². The summed E-state index contributed by atoms with van der Waals surface area (Å²) in [6.45, 7) is 0. The highest BCUT2D eigenvalue weighted by Crippen LogP contribution is 2.10. The average Bonchev–Trinajstić information content (AvgIpc) is 2.30. The van der Waals surface area contributed by atoms with Crippen LogP contribution in [0.2, 0.25) is 0 Å². The first-order chi connectivity index (χ1) is 7.29. The highest BCUT2D eigenvalue weighted by atomic mass is 16.1. The van der Waals surface area contributed by atoms with Gasteiger partial charge in [0.15, 0.2) is 11.6 Å². The zero-order chi connectivity index (χ0) is 10.7. The Morgan fingerprint density at radius 1 is 1.33 bits per heavy atom. The molecule has 2 rings (SSSR count). The van der Waals surface area contributed by atoms with Gasteiger partial charge in [0.25, 0.3) is 0 Å². The Morgan fingerprint density at radius 2 is 2.20 bits per heavy atom. The number of aromatic nitrogens is 4. The Kier molecular flexibility index (Phi) is 2.32. The van der Waals surface area contributed by atoms with Gasteiger partial charge in [-0.25, -0.2) is 0 Å². The van der Waals surface area contributed by atoms with Crippen LogP contribution in [0.1, 0.15) is 15.9 Å². The molecule has 0 atom stereocenters. The predicted octanol–water partition coefficient (Wildman–Crippen LogP) is 0.0798. The number of rotatable bonds is 2. The van der Waals surface area contributed by atoms with Crippen molar-refractivity contribution in [3.63, 3.8) is 0 Å². The van der Waals surface area contributed by atoms with Crippen molar-refractivity contribution < 1.29 is 4.79 Å². The van der Waals surface area contributed by atoms with Gasteiger partial charge in [-0.2, -0.15) is 0 Å². The largest absolute Gasteiger partial charge is 0.381 e. The quantitative estimate of drug-likeness (QED) is 0.691. The van der Waals surface area contributed by atoms with Crippen LogP contribution in [0.15, 0.2) is 30.7 Å². The molecule has 0 aliphatic heterocycles. The van der Waals surface area contributed by atoms with E-state index >= 15 is 0 Å². The third kappa shape index (κ3) is 1.78. The zero-order valence-electron chi connectivity index (χ0n) is 7.66. The maximum Gasteiger partial charge on any atom is 0.199 e. The SMILES string of the molecule is Nc1nnncc1C(=O)c1cccnc1. The van der Waals surface area contributed by atoms with E-state index in [0.29, 0.717) is 5.56 Å². The van der Waals surface area contributed by atoms with Crippen LogP contribution < -0.4 is 5.73 Å². The minimum Gasteiger partial charge on any atom is -0.381 e. The molecule has 0 radical (unpaired) electrons. The molecule has 2 N–H and O–H groups in total. The zero-order valence-corrected chi connectivity index (χ0v) is 7.66. The second-order valence-electron chi connectivity index (χ2n) is 2.80. The monoisotopic (exact) mass is 201 g/mol. The molecule has 0 bridgehead atoms. The molecule has 0 unspecified atom stereocenters. The molecule has 2 heterocycles. The Morgan fingerprint density at radius 3 is 2.87 bits per heavy atom. The Hall–Kier alpha value is -2.37. The van der Waals surface area contributed by atoms with Crippen molar-refractivity contribution in [3.05, 3.63) is 41.9 Å². The minimum absolute atomic E-state index is 0.0684. The summed E-state index contributed by atoms with van der Waals surface area (Å²) < 4.78 is 0. The summed E-state index contributed by atoms with van der Waals surface area (Å²) >= 11 is 0. The normalized spacial score (nSPS) is 9.87. The summed E-state index contributed by atoms with van der Waals surface area (Å²) in [7, 11) is 0. The molecule has 0 spiro atoms. The van der Waals surface area contributed by atoms with Gasteiger partial charge in [-0.1, -0.05) is 0 Å². The minimum atomic E-state index is -0.261. The Labute approximate surface area is 85.2 Å². The number of anilines is 1. The van der Waals surface area contributed by atoms with Crippen molar-refractivity contribution in [2.24, 2.45) is 0 Å². The van der Waals surface area contributed by atoms with Gasteiger partial charge in [0, 0.05) is 18.0 Å². The molecular formula is C9H7N5O. The van der Waals surface area contributed by atoms with E-state index in [2.05, 4.69) is 20.4 Å². The Bertz CT molecular complexity index is 485. The van der Waals surface area contributed by atoms with Gasteiger partial charge in [0.1, 0.15) is 0 Å². The number of carbonyl (C=O) groups excluding carboxylic acids is 1. The number of hydrogen-bond acceptors (Lipinski definition) is 6. The molecular weight excluding hydrogens is 194 g/mol. The van der Waals surface area contributed by atoms with Crippen molar-refractivity contribution in [1.82, 2.24) is 20.4 Å². The van der Waals surface area contributed by atoms with Crippen molar-refractivity contribution in [2.45, 2.75) is 0 Å². The molecule has 0 fully saturated rings. The fourth-order valence-electron chi connectivity index (χ4n) is 1.11. The van der Waals surface area contributed by atoms with Gasteiger partial charge in [-0.15, -0.1) is 10.2 Å². The summed E-state index contributed by atoms with van der Waals surface area (Å²) in [6.07, 6.45) is 4.34. The molecule has 0 aromatic carbocycles. The maximum absolute atomic E-state index is 11.8. The lowest BCUT2D eigenvalue weighted by molar-refractivity contribution is 0.103. The fourth-order valence-corrected chi connectivity index (χ4v) is 1.11. The van der Waals surface area contributed by atoms with Crippen LogP contribution in [0, 0.1) is 0 Å². The number of nitrogens with zero attached hydrogens (tertiary/aromatic N) is 4. The summed E-state index contributed by atoms with van der Waals surface area (Å²) in [5.74, 6) is -0.193. The molecule has 15 heavy (non-hydrogen) atoms. The number of nitrogens with two attached hydrogens (primary N) is 1. The van der Waals surface area contributed by atoms with Crippen molar-refractivity contribution in [3.8, 4) is 0 Å². The van der Waals surface area contributed by atoms with Crippen LogP contribution in [-0.2, 0) is 0 Å². The molecule has 2 aromatic heterocycles. The van der Waals surface area contributed by atoms with Gasteiger partial charge in [-0.05, 0) is 17.3 Å². The summed E-state index contributed by atoms with van der Waals surface area (Å²) in [5.41, 5.74) is 6.18. The molecule has 2 aromatic rings. The van der Waals surface area contributed by atoms with Crippen molar-refractivity contribution >= 4 is 11.6 Å². The van der Waals surface area contributed by atoms with E-state index in [4.69, 9.17) is 5.73 Å². The van der Waals surface area contributed by atoms with E-state index in [1.54, 1.807) is 18.3 Å². The third-order valence-corrected chi connectivity index (χ3v) is 1.84. The first kappa shape index (κ1) is 9.20. The lowest BCUT2D eigenvalue weighted by Crippen LogP contribution is -2.09. The number of carbonyl (C=O) groups is 1. The molecule has 6 heteroatoms. The maximum atomic E-state index is 11.8. The number of ketones is 1. The lowest BCUT2D eigenvalue weighted by atomic mass is 10.1. The van der Waals surface area contributed by atoms with E-state index in [1.165, 1.54) is 12.4 Å². The van der Waals surface area contributed by atoms with E-state index in [0.717, 1.165) is 0 Å². The van der Waals surface area contributed by atoms with E-state index < -0.39 is 0 Å². The third-order valence-electron chi connectivity index (χ3n) is 1.84. The topological polar surface area (TPSA) is 94.6 Å². The highest BCUT2D eigenvalue weighted by molar-refractivity contribution is 6.11. The van der Waals surface area contributed by atoms with Crippen LogP contribution in [-0.4, -0.2) is 26.2 Å². The fraction of sp³-hybridized carbons (Fsp3) is 0. The van der Waals surface area contributed by atoms with Gasteiger partial charge < -0.3 is 5.73 Å². The predicted molar refractivity (Wildman–Crippen MR) is 51.9 cm³/mol. The van der Waals surface area contributed by atoms with Gasteiger partial charge in [0.2, 0.25) is 0 Å². The van der Waals surface area contributed by atoms with Crippen LogP contribution >= 0.6 is 0 Å². The highest BCUT2D eigenvalue weighted by Gasteiger charge is 2.13. The van der Waals surface area contributed by atoms with E-state index in [1.807, 2.05) is 0 Å². The average molecular weight is 201 g/mol. The summed E-state index contributed by atoms with van der Waals surface area (Å²) in [5, 5.41) is 10.3. The molecule has 74 valence electrons. The molecule has 6 nitrogen and oxygen atoms in total. The first-order valence-corrected chi connectivity index (χ1v) is 4.17. The van der Waals surface area contributed by atoms with Crippen molar-refractivity contribution in [2.75, 3.05) is 5.73 Å². The Balaban J connectivity index is 2.42. The molecule has 0 amide bonds. The van der Waals surface area contributed by atoms with Crippen LogP contribution in [0.5, 0.6) is 0 Å². The summed E-state index contributed by atoms with van der Waals surface area (Å²) in [6, 6.07) is 3.32. The molecule has 0 aliphatic rings. The second kappa shape index (κ2) is 3.79. The van der Waals surface area contributed by atoms with E-state index in [9.17, 15) is 4.79 Å². The molecule has 0 aliphatic carbocycles. The number of pyridine rings is 1.